The molecular formula is C33H33ClFN5O3. The van der Waals surface area contributed by atoms with E-state index in [4.69, 9.17) is 21.1 Å². The fraction of sp³-hybridized carbons (Fsp3) is 0.303. The van der Waals surface area contributed by atoms with Gasteiger partial charge in [-0.2, -0.15) is 0 Å². The van der Waals surface area contributed by atoms with E-state index in [0.717, 1.165) is 18.5 Å². The van der Waals surface area contributed by atoms with Gasteiger partial charge in [0, 0.05) is 35.8 Å². The van der Waals surface area contributed by atoms with Gasteiger partial charge in [0.2, 0.25) is 0 Å². The summed E-state index contributed by atoms with van der Waals surface area (Å²) >= 11 is 6.52. The number of piperidine rings is 1. The van der Waals surface area contributed by atoms with Crippen LogP contribution >= 0.6 is 11.6 Å². The minimum atomic E-state index is -0.317. The number of benzene rings is 3. The molecule has 3 aromatic carbocycles. The maximum Gasteiger partial charge on any atom is 0.250 e. The van der Waals surface area contributed by atoms with Gasteiger partial charge in [0.05, 0.1) is 22.8 Å². The summed E-state index contributed by atoms with van der Waals surface area (Å²) in [7, 11) is 0. The van der Waals surface area contributed by atoms with E-state index in [1.165, 1.54) is 37.7 Å². The molecule has 10 heteroatoms. The number of amides is 1. The lowest BCUT2D eigenvalue weighted by Crippen LogP contribution is -2.38. The molecule has 0 bridgehead atoms. The minimum Gasteiger partial charge on any atom is -0.489 e. The van der Waals surface area contributed by atoms with Crippen molar-refractivity contribution in [1.82, 2.24) is 14.9 Å². The van der Waals surface area contributed by atoms with Gasteiger partial charge >= 0.3 is 0 Å². The zero-order chi connectivity index (χ0) is 29.8. The second kappa shape index (κ2) is 13.0. The van der Waals surface area contributed by atoms with E-state index in [9.17, 15) is 9.18 Å². The highest BCUT2D eigenvalue weighted by Crippen LogP contribution is 2.38. The molecule has 0 saturated carbocycles. The number of carbonyl (C=O) groups is 1. The summed E-state index contributed by atoms with van der Waals surface area (Å²) in [6.45, 7) is 5.13. The number of ether oxygens (including phenoxy) is 2. The number of aromatic nitrogens is 2. The molecule has 0 radical (unpaired) electrons. The van der Waals surface area contributed by atoms with E-state index in [-0.39, 0.29) is 18.3 Å². The molecule has 1 aromatic heterocycles. The Kier molecular flexibility index (Phi) is 8.72. The summed E-state index contributed by atoms with van der Waals surface area (Å²) in [5.41, 5.74) is 2.76. The summed E-state index contributed by atoms with van der Waals surface area (Å²) in [5.74, 6) is 1.25. The highest BCUT2D eigenvalue weighted by Gasteiger charge is 2.24. The molecule has 43 heavy (non-hydrogen) atoms. The van der Waals surface area contributed by atoms with Crippen LogP contribution < -0.4 is 19.7 Å². The van der Waals surface area contributed by atoms with Crippen molar-refractivity contribution in [2.75, 3.05) is 36.5 Å². The van der Waals surface area contributed by atoms with Crippen molar-refractivity contribution in [3.63, 3.8) is 0 Å². The summed E-state index contributed by atoms with van der Waals surface area (Å²) in [4.78, 5) is 26.4. The molecule has 1 atom stereocenters. The molecule has 2 aliphatic rings. The summed E-state index contributed by atoms with van der Waals surface area (Å²) < 4.78 is 25.2. The lowest BCUT2D eigenvalue weighted by molar-refractivity contribution is -0.114. The summed E-state index contributed by atoms with van der Waals surface area (Å²) in [6.07, 6.45) is 8.78. The van der Waals surface area contributed by atoms with Crippen LogP contribution in [-0.2, 0) is 11.4 Å². The van der Waals surface area contributed by atoms with Crippen LogP contribution in [0.1, 0.15) is 31.7 Å². The van der Waals surface area contributed by atoms with Crippen LogP contribution in [0.2, 0.25) is 5.02 Å². The number of likely N-dealkylation sites (tertiary alicyclic amines) is 1. The van der Waals surface area contributed by atoms with Gasteiger partial charge in [-0.3, -0.25) is 9.69 Å². The first-order chi connectivity index (χ1) is 20.9. The van der Waals surface area contributed by atoms with Crippen LogP contribution in [0, 0.1) is 5.82 Å². The molecule has 4 aromatic rings. The number of rotatable bonds is 8. The maximum atomic E-state index is 13.5. The van der Waals surface area contributed by atoms with Crippen LogP contribution in [0.5, 0.6) is 11.5 Å². The molecular weight excluding hydrogens is 569 g/mol. The fourth-order valence-electron chi connectivity index (χ4n) is 5.52. The van der Waals surface area contributed by atoms with E-state index in [2.05, 4.69) is 27.1 Å². The highest BCUT2D eigenvalue weighted by molar-refractivity contribution is 6.32. The van der Waals surface area contributed by atoms with Crippen LogP contribution in [0.4, 0.5) is 21.6 Å². The van der Waals surface area contributed by atoms with Crippen molar-refractivity contribution < 1.29 is 18.7 Å². The first-order valence-corrected chi connectivity index (χ1v) is 14.9. The van der Waals surface area contributed by atoms with E-state index in [1.807, 2.05) is 24.3 Å². The van der Waals surface area contributed by atoms with Gasteiger partial charge < -0.3 is 19.7 Å². The van der Waals surface area contributed by atoms with Crippen molar-refractivity contribution in [2.24, 2.45) is 0 Å². The lowest BCUT2D eigenvalue weighted by Gasteiger charge is -2.32. The van der Waals surface area contributed by atoms with E-state index >= 15 is 0 Å². The number of carbonyl (C=O) groups excluding carboxylic acids is 1. The molecule has 0 spiro atoms. The number of hydrogen-bond acceptors (Lipinski definition) is 7. The monoisotopic (exact) mass is 601 g/mol. The predicted molar refractivity (Wildman–Crippen MR) is 167 cm³/mol. The smallest absolute Gasteiger partial charge is 0.250 e. The van der Waals surface area contributed by atoms with Gasteiger partial charge in [-0.15, -0.1) is 0 Å². The fourth-order valence-corrected chi connectivity index (χ4v) is 5.76. The SMILES string of the molecule is CC1CCCCN1CC=CC(=O)N1CCOc2cc3ncnc(Nc4ccc(OCc5cccc(F)c5)c(Cl)c4)c3cc21. The molecule has 0 aliphatic carbocycles. The van der Waals surface area contributed by atoms with Crippen LogP contribution in [0.25, 0.3) is 10.9 Å². The Hall–Kier alpha value is -4.21. The molecule has 3 heterocycles. The Morgan fingerprint density at radius 2 is 2.07 bits per heavy atom. The van der Waals surface area contributed by atoms with Crippen molar-refractivity contribution in [3.8, 4) is 11.5 Å². The first kappa shape index (κ1) is 28.9. The largest absolute Gasteiger partial charge is 0.489 e. The van der Waals surface area contributed by atoms with E-state index < -0.39 is 0 Å². The third-order valence-corrected chi connectivity index (χ3v) is 8.16. The lowest BCUT2D eigenvalue weighted by atomic mass is 10.0. The molecule has 1 unspecified atom stereocenters. The number of hydrogen-bond donors (Lipinski definition) is 1. The van der Waals surface area contributed by atoms with E-state index in [1.54, 1.807) is 35.2 Å². The zero-order valence-electron chi connectivity index (χ0n) is 23.9. The summed E-state index contributed by atoms with van der Waals surface area (Å²) in [6, 6.07) is 15.8. The Morgan fingerprint density at radius 3 is 2.91 bits per heavy atom. The van der Waals surface area contributed by atoms with Crippen molar-refractivity contribution in [2.45, 2.75) is 38.8 Å². The molecule has 1 fully saturated rings. The first-order valence-electron chi connectivity index (χ1n) is 14.5. The Balaban J connectivity index is 1.19. The number of fused-ring (bicyclic) bond motifs is 2. The van der Waals surface area contributed by atoms with E-state index in [0.29, 0.717) is 64.0 Å². The van der Waals surface area contributed by atoms with Gasteiger partial charge in [-0.25, -0.2) is 14.4 Å². The molecule has 1 saturated heterocycles. The minimum absolute atomic E-state index is 0.0828. The number of nitrogens with one attached hydrogen (secondary N) is 1. The Labute approximate surface area is 255 Å². The molecule has 1 amide bonds. The molecule has 1 N–H and O–H groups in total. The Morgan fingerprint density at radius 1 is 1.16 bits per heavy atom. The topological polar surface area (TPSA) is 79.8 Å². The van der Waals surface area contributed by atoms with Crippen LogP contribution in [-0.4, -0.2) is 53.1 Å². The van der Waals surface area contributed by atoms with Gasteiger partial charge in [0.25, 0.3) is 5.91 Å². The quantitative estimate of drug-likeness (QED) is 0.220. The number of nitrogens with zero attached hydrogens (tertiary/aromatic N) is 4. The van der Waals surface area contributed by atoms with Gasteiger partial charge in [0.15, 0.2) is 0 Å². The predicted octanol–water partition coefficient (Wildman–Crippen LogP) is 6.90. The van der Waals surface area contributed by atoms with Crippen LogP contribution in [0.3, 0.4) is 0 Å². The second-order valence-corrected chi connectivity index (χ2v) is 11.2. The summed E-state index contributed by atoms with van der Waals surface area (Å²) in [5, 5.41) is 4.45. The van der Waals surface area contributed by atoms with Crippen molar-refractivity contribution >= 4 is 45.6 Å². The molecule has 6 rings (SSSR count). The molecule has 2 aliphatic heterocycles. The van der Waals surface area contributed by atoms with Gasteiger partial charge in [-0.05, 0) is 68.3 Å². The third-order valence-electron chi connectivity index (χ3n) is 7.86. The number of halogens is 2. The average molecular weight is 602 g/mol. The third kappa shape index (κ3) is 6.73. The molecule has 222 valence electrons. The highest BCUT2D eigenvalue weighted by atomic mass is 35.5. The van der Waals surface area contributed by atoms with Crippen molar-refractivity contribution in [3.05, 3.63) is 89.5 Å². The van der Waals surface area contributed by atoms with Gasteiger partial charge in [-0.1, -0.05) is 36.2 Å². The maximum absolute atomic E-state index is 13.5. The van der Waals surface area contributed by atoms with Crippen LogP contribution in [0.15, 0.2) is 73.1 Å². The zero-order valence-corrected chi connectivity index (χ0v) is 24.7. The molecule has 8 nitrogen and oxygen atoms in total. The van der Waals surface area contributed by atoms with Gasteiger partial charge in [0.1, 0.15) is 42.7 Å². The second-order valence-electron chi connectivity index (χ2n) is 10.8. The normalized spacial score (nSPS) is 17.1. The van der Waals surface area contributed by atoms with Crippen molar-refractivity contribution in [1.29, 1.82) is 0 Å². The number of anilines is 3. The average Bonchev–Trinajstić information content (AvgIpc) is 3.00. The Bertz CT molecular complexity index is 1670. The standard InChI is InChI=1S/C33H33ClFN5O3/c1-22-6-2-3-12-39(22)13-5-9-32(41)40-14-15-42-31-19-28-26(18-29(31)40)33(37-21-36-28)38-25-10-11-30(27(34)17-25)43-20-23-7-4-8-24(35)16-23/h4-5,7-11,16-19,21-22H,2-3,6,12-15,20H2,1H3,(H,36,37,38).